The van der Waals surface area contributed by atoms with Crippen molar-refractivity contribution in [1.29, 1.82) is 0 Å². The number of hydrogen-bond acceptors (Lipinski definition) is 5. The second-order valence-corrected chi connectivity index (χ2v) is 8.61. The molecule has 0 saturated carbocycles. The highest BCUT2D eigenvalue weighted by molar-refractivity contribution is 7.89. The molecule has 0 saturated heterocycles. The SMILES string of the molecule is CCOc1c(C)cc(S(=O)(=O)NCC(C)(O)c2cccs2)cc1C. The highest BCUT2D eigenvalue weighted by atomic mass is 32.2. The Balaban J connectivity index is 2.22. The number of rotatable bonds is 7. The van der Waals surface area contributed by atoms with Gasteiger partial charge >= 0.3 is 0 Å². The molecule has 0 aliphatic carbocycles. The zero-order valence-electron chi connectivity index (χ0n) is 14.3. The average Bonchev–Trinajstić information content (AvgIpc) is 3.04. The van der Waals surface area contributed by atoms with E-state index in [2.05, 4.69) is 4.72 Å². The first kappa shape index (κ1) is 18.9. The number of thiophene rings is 1. The van der Waals surface area contributed by atoms with Crippen molar-refractivity contribution in [1.82, 2.24) is 4.72 Å². The molecule has 7 heteroatoms. The number of aryl methyl sites for hydroxylation is 2. The van der Waals surface area contributed by atoms with Crippen molar-refractivity contribution < 1.29 is 18.3 Å². The molecular weight excluding hydrogens is 346 g/mol. The van der Waals surface area contributed by atoms with Gasteiger partial charge in [-0.15, -0.1) is 11.3 Å². The predicted octanol–water partition coefficient (Wildman–Crippen LogP) is 2.95. The van der Waals surface area contributed by atoms with Gasteiger partial charge in [-0.2, -0.15) is 0 Å². The lowest BCUT2D eigenvalue weighted by Gasteiger charge is -2.22. The molecule has 0 aliphatic heterocycles. The van der Waals surface area contributed by atoms with E-state index >= 15 is 0 Å². The Morgan fingerprint density at radius 1 is 1.29 bits per heavy atom. The highest BCUT2D eigenvalue weighted by Crippen LogP contribution is 2.28. The van der Waals surface area contributed by atoms with Gasteiger partial charge in [0.05, 0.1) is 11.5 Å². The van der Waals surface area contributed by atoms with E-state index in [4.69, 9.17) is 4.74 Å². The van der Waals surface area contributed by atoms with Crippen LogP contribution in [-0.4, -0.2) is 26.7 Å². The predicted molar refractivity (Wildman–Crippen MR) is 96.2 cm³/mol. The number of benzene rings is 1. The van der Waals surface area contributed by atoms with Gasteiger partial charge in [-0.25, -0.2) is 13.1 Å². The van der Waals surface area contributed by atoms with Crippen molar-refractivity contribution in [3.05, 3.63) is 45.6 Å². The van der Waals surface area contributed by atoms with Crippen LogP contribution >= 0.6 is 11.3 Å². The minimum atomic E-state index is -3.72. The van der Waals surface area contributed by atoms with Gasteiger partial charge in [-0.3, -0.25) is 0 Å². The third kappa shape index (κ3) is 4.16. The van der Waals surface area contributed by atoms with Crippen LogP contribution in [0.2, 0.25) is 0 Å². The van der Waals surface area contributed by atoms with Crippen LogP contribution in [0.4, 0.5) is 0 Å². The van der Waals surface area contributed by atoms with Crippen molar-refractivity contribution >= 4 is 21.4 Å². The van der Waals surface area contributed by atoms with Gasteiger partial charge in [0.25, 0.3) is 0 Å². The molecule has 2 N–H and O–H groups in total. The lowest BCUT2D eigenvalue weighted by atomic mass is 10.1. The zero-order valence-corrected chi connectivity index (χ0v) is 15.9. The van der Waals surface area contributed by atoms with Crippen molar-refractivity contribution in [3.63, 3.8) is 0 Å². The molecule has 0 fully saturated rings. The highest BCUT2D eigenvalue weighted by Gasteiger charge is 2.27. The van der Waals surface area contributed by atoms with Crippen LogP contribution in [0.5, 0.6) is 5.75 Å². The standard InChI is InChI=1S/C17H23NO4S2/c1-5-22-16-12(2)9-14(10-13(16)3)24(20,21)18-11-17(4,19)15-7-6-8-23-15/h6-10,18-19H,5,11H2,1-4H3. The van der Waals surface area contributed by atoms with E-state index in [-0.39, 0.29) is 11.4 Å². The molecule has 1 heterocycles. The maximum atomic E-state index is 12.6. The Labute approximate surface area is 147 Å². The minimum Gasteiger partial charge on any atom is -0.493 e. The first-order valence-corrected chi connectivity index (χ1v) is 10.0. The minimum absolute atomic E-state index is 0.0961. The Morgan fingerprint density at radius 3 is 2.42 bits per heavy atom. The fourth-order valence-electron chi connectivity index (χ4n) is 2.43. The van der Waals surface area contributed by atoms with Crippen LogP contribution < -0.4 is 9.46 Å². The molecule has 132 valence electrons. The Morgan fingerprint density at radius 2 is 1.92 bits per heavy atom. The molecule has 0 radical (unpaired) electrons. The van der Waals surface area contributed by atoms with E-state index in [1.165, 1.54) is 11.3 Å². The van der Waals surface area contributed by atoms with Gasteiger partial charge in [0.15, 0.2) is 0 Å². The van der Waals surface area contributed by atoms with Crippen molar-refractivity contribution in [2.45, 2.75) is 38.2 Å². The topological polar surface area (TPSA) is 75.6 Å². The molecule has 5 nitrogen and oxygen atoms in total. The number of sulfonamides is 1. The van der Waals surface area contributed by atoms with E-state index in [0.29, 0.717) is 17.2 Å². The summed E-state index contributed by atoms with van der Waals surface area (Å²) in [5.74, 6) is 0.710. The summed E-state index contributed by atoms with van der Waals surface area (Å²) in [5.41, 5.74) is 0.279. The van der Waals surface area contributed by atoms with Gasteiger partial charge in [-0.05, 0) is 62.4 Å². The lowest BCUT2D eigenvalue weighted by Crippen LogP contribution is -2.38. The lowest BCUT2D eigenvalue weighted by molar-refractivity contribution is 0.0666. The van der Waals surface area contributed by atoms with E-state index in [1.54, 1.807) is 25.1 Å². The largest absolute Gasteiger partial charge is 0.493 e. The fourth-order valence-corrected chi connectivity index (χ4v) is 4.52. The van der Waals surface area contributed by atoms with Crippen LogP contribution in [0, 0.1) is 13.8 Å². The second kappa shape index (κ2) is 7.23. The number of ether oxygens (including phenoxy) is 1. The van der Waals surface area contributed by atoms with Gasteiger partial charge in [0.1, 0.15) is 11.4 Å². The third-order valence-electron chi connectivity index (χ3n) is 3.69. The fraction of sp³-hybridized carbons (Fsp3) is 0.412. The van der Waals surface area contributed by atoms with Gasteiger partial charge in [-0.1, -0.05) is 6.07 Å². The molecule has 0 aliphatic rings. The van der Waals surface area contributed by atoms with Crippen LogP contribution in [0.25, 0.3) is 0 Å². The van der Waals surface area contributed by atoms with Crippen molar-refractivity contribution in [2.75, 3.05) is 13.2 Å². The monoisotopic (exact) mass is 369 g/mol. The summed E-state index contributed by atoms with van der Waals surface area (Å²) in [6.07, 6.45) is 0. The molecule has 1 aromatic carbocycles. The molecule has 0 bridgehead atoms. The van der Waals surface area contributed by atoms with Crippen LogP contribution in [0.1, 0.15) is 29.9 Å². The first-order valence-electron chi connectivity index (χ1n) is 7.67. The van der Waals surface area contributed by atoms with Gasteiger partial charge in [0.2, 0.25) is 10.0 Å². The van der Waals surface area contributed by atoms with E-state index < -0.39 is 15.6 Å². The maximum absolute atomic E-state index is 12.6. The first-order chi connectivity index (χ1) is 11.2. The number of nitrogens with one attached hydrogen (secondary N) is 1. The quantitative estimate of drug-likeness (QED) is 0.787. The average molecular weight is 370 g/mol. The molecule has 2 aromatic rings. The van der Waals surface area contributed by atoms with Gasteiger partial charge < -0.3 is 9.84 Å². The molecule has 2 rings (SSSR count). The summed E-state index contributed by atoms with van der Waals surface area (Å²) in [6.45, 7) is 7.54. The molecule has 1 atom stereocenters. The maximum Gasteiger partial charge on any atom is 0.240 e. The summed E-state index contributed by atoms with van der Waals surface area (Å²) in [5, 5.41) is 12.3. The van der Waals surface area contributed by atoms with E-state index in [9.17, 15) is 13.5 Å². The zero-order chi connectivity index (χ0) is 18.0. The summed E-state index contributed by atoms with van der Waals surface area (Å²) >= 11 is 1.39. The van der Waals surface area contributed by atoms with Crippen LogP contribution in [0.15, 0.2) is 34.5 Å². The van der Waals surface area contributed by atoms with Crippen molar-refractivity contribution in [3.8, 4) is 5.75 Å². The molecular formula is C17H23NO4S2. The molecule has 0 amide bonds. The summed E-state index contributed by atoms with van der Waals surface area (Å²) in [4.78, 5) is 0.882. The Kier molecular flexibility index (Phi) is 5.70. The van der Waals surface area contributed by atoms with Crippen molar-refractivity contribution in [2.24, 2.45) is 0 Å². The number of aliphatic hydroxyl groups is 1. The molecule has 1 aromatic heterocycles. The Hall–Kier alpha value is -1.41. The van der Waals surface area contributed by atoms with Crippen LogP contribution in [-0.2, 0) is 15.6 Å². The summed E-state index contributed by atoms with van der Waals surface area (Å²) in [6, 6.07) is 6.77. The normalized spacial score (nSPS) is 14.4. The summed E-state index contributed by atoms with van der Waals surface area (Å²) < 4.78 is 33.2. The van der Waals surface area contributed by atoms with E-state index in [0.717, 1.165) is 11.1 Å². The second-order valence-electron chi connectivity index (χ2n) is 5.89. The van der Waals surface area contributed by atoms with Crippen LogP contribution in [0.3, 0.4) is 0 Å². The van der Waals surface area contributed by atoms with E-state index in [1.807, 2.05) is 32.2 Å². The van der Waals surface area contributed by atoms with Gasteiger partial charge in [0, 0.05) is 11.4 Å². The number of hydrogen-bond donors (Lipinski definition) is 2. The third-order valence-corrected chi connectivity index (χ3v) is 6.19. The molecule has 0 spiro atoms. The molecule has 24 heavy (non-hydrogen) atoms. The summed E-state index contributed by atoms with van der Waals surface area (Å²) in [7, 11) is -3.72. The molecule has 1 unspecified atom stereocenters. The Bertz CT molecular complexity index is 773. The smallest absolute Gasteiger partial charge is 0.240 e.